The number of hydrogen-bond acceptors (Lipinski definition) is 4. The Balaban J connectivity index is 2.49. The zero-order chi connectivity index (χ0) is 12.3. The number of hydrogen-bond donors (Lipinski definition) is 1. The minimum Gasteiger partial charge on any atom is -0.496 e. The Bertz CT molecular complexity index is 457. The quantitative estimate of drug-likeness (QED) is 0.906. The van der Waals surface area contributed by atoms with Crippen molar-refractivity contribution in [2.75, 3.05) is 14.2 Å². The largest absolute Gasteiger partial charge is 0.496 e. The predicted octanol–water partition coefficient (Wildman–Crippen LogP) is 2.85. The second-order valence-electron chi connectivity index (χ2n) is 3.49. The first-order valence-corrected chi connectivity index (χ1v) is 6.08. The van der Waals surface area contributed by atoms with Crippen LogP contribution < -0.4 is 9.47 Å². The first kappa shape index (κ1) is 12.0. The first-order valence-electron chi connectivity index (χ1n) is 5.20. The third kappa shape index (κ3) is 2.28. The lowest BCUT2D eigenvalue weighted by Gasteiger charge is -2.16. The van der Waals surface area contributed by atoms with Crippen LogP contribution in [0.1, 0.15) is 16.5 Å². The topological polar surface area (TPSA) is 38.7 Å². The molecule has 2 aromatic rings. The molecule has 0 aliphatic heterocycles. The SMILES string of the molecule is COc1cccc(OC)c1C(O)c1cccs1. The Morgan fingerprint density at radius 1 is 1.06 bits per heavy atom. The van der Waals surface area contributed by atoms with Crippen LogP contribution in [-0.2, 0) is 0 Å². The van der Waals surface area contributed by atoms with Crippen molar-refractivity contribution in [2.24, 2.45) is 0 Å². The predicted molar refractivity (Wildman–Crippen MR) is 67.9 cm³/mol. The van der Waals surface area contributed by atoms with Gasteiger partial charge in [0.1, 0.15) is 17.6 Å². The third-order valence-corrected chi connectivity index (χ3v) is 3.48. The summed E-state index contributed by atoms with van der Waals surface area (Å²) in [5.41, 5.74) is 0.667. The van der Waals surface area contributed by atoms with Gasteiger partial charge >= 0.3 is 0 Å². The van der Waals surface area contributed by atoms with Crippen molar-refractivity contribution < 1.29 is 14.6 Å². The molecule has 0 aliphatic rings. The molecule has 0 radical (unpaired) electrons. The average Bonchev–Trinajstić information content (AvgIpc) is 2.90. The molecule has 17 heavy (non-hydrogen) atoms. The molecule has 0 aliphatic carbocycles. The van der Waals surface area contributed by atoms with Gasteiger partial charge in [0.15, 0.2) is 0 Å². The molecule has 0 fully saturated rings. The molecule has 1 aromatic heterocycles. The summed E-state index contributed by atoms with van der Waals surface area (Å²) in [4.78, 5) is 0.868. The molecule has 1 unspecified atom stereocenters. The maximum Gasteiger partial charge on any atom is 0.128 e. The highest BCUT2D eigenvalue weighted by atomic mass is 32.1. The van der Waals surface area contributed by atoms with Crippen LogP contribution in [0.25, 0.3) is 0 Å². The van der Waals surface area contributed by atoms with E-state index in [2.05, 4.69) is 0 Å². The van der Waals surface area contributed by atoms with Crippen molar-refractivity contribution in [3.63, 3.8) is 0 Å². The van der Waals surface area contributed by atoms with Crippen LogP contribution >= 0.6 is 11.3 Å². The highest BCUT2D eigenvalue weighted by Crippen LogP contribution is 2.38. The lowest BCUT2D eigenvalue weighted by Crippen LogP contribution is -2.03. The van der Waals surface area contributed by atoms with E-state index in [4.69, 9.17) is 9.47 Å². The lowest BCUT2D eigenvalue weighted by molar-refractivity contribution is 0.212. The lowest BCUT2D eigenvalue weighted by atomic mass is 10.1. The molecule has 90 valence electrons. The maximum absolute atomic E-state index is 10.4. The van der Waals surface area contributed by atoms with E-state index in [1.54, 1.807) is 14.2 Å². The Labute approximate surface area is 104 Å². The van der Waals surface area contributed by atoms with Crippen LogP contribution in [0.15, 0.2) is 35.7 Å². The summed E-state index contributed by atoms with van der Waals surface area (Å²) < 4.78 is 10.5. The van der Waals surface area contributed by atoms with Gasteiger partial charge in [-0.3, -0.25) is 0 Å². The molecular weight excluding hydrogens is 236 g/mol. The molecule has 0 saturated heterocycles. The van der Waals surface area contributed by atoms with Crippen molar-refractivity contribution in [3.8, 4) is 11.5 Å². The monoisotopic (exact) mass is 250 g/mol. The van der Waals surface area contributed by atoms with Crippen LogP contribution in [0.4, 0.5) is 0 Å². The van der Waals surface area contributed by atoms with Gasteiger partial charge in [0, 0.05) is 4.88 Å². The van der Waals surface area contributed by atoms with E-state index in [0.717, 1.165) is 4.88 Å². The normalized spacial score (nSPS) is 12.2. The van der Waals surface area contributed by atoms with Gasteiger partial charge in [0.05, 0.1) is 19.8 Å². The van der Waals surface area contributed by atoms with E-state index in [0.29, 0.717) is 17.1 Å². The molecule has 2 rings (SSSR count). The fourth-order valence-electron chi connectivity index (χ4n) is 1.74. The fraction of sp³-hybridized carbons (Fsp3) is 0.231. The molecule has 1 aromatic carbocycles. The number of benzene rings is 1. The van der Waals surface area contributed by atoms with Crippen molar-refractivity contribution in [3.05, 3.63) is 46.2 Å². The van der Waals surface area contributed by atoms with Gasteiger partial charge < -0.3 is 14.6 Å². The number of methoxy groups -OCH3 is 2. The van der Waals surface area contributed by atoms with Crippen LogP contribution in [0.5, 0.6) is 11.5 Å². The minimum absolute atomic E-state index is 0.630. The number of aliphatic hydroxyl groups is 1. The average molecular weight is 250 g/mol. The number of thiophene rings is 1. The van der Waals surface area contributed by atoms with Gasteiger partial charge in [-0.1, -0.05) is 12.1 Å². The van der Waals surface area contributed by atoms with Crippen LogP contribution in [-0.4, -0.2) is 19.3 Å². The summed E-state index contributed by atoms with van der Waals surface area (Å²) in [6.07, 6.45) is -0.721. The second kappa shape index (κ2) is 5.21. The van der Waals surface area contributed by atoms with Crippen molar-refractivity contribution >= 4 is 11.3 Å². The first-order chi connectivity index (χ1) is 8.27. The van der Waals surface area contributed by atoms with Gasteiger partial charge in [-0.05, 0) is 23.6 Å². The molecule has 0 spiro atoms. The van der Waals surface area contributed by atoms with Crippen molar-refractivity contribution in [1.29, 1.82) is 0 Å². The van der Waals surface area contributed by atoms with Gasteiger partial charge in [-0.25, -0.2) is 0 Å². The van der Waals surface area contributed by atoms with Gasteiger partial charge in [-0.15, -0.1) is 11.3 Å². The van der Waals surface area contributed by atoms with Gasteiger partial charge in [0.2, 0.25) is 0 Å². The Hall–Kier alpha value is -1.52. The molecule has 1 N–H and O–H groups in total. The molecule has 1 atom stereocenters. The highest BCUT2D eigenvalue weighted by molar-refractivity contribution is 7.10. The molecule has 1 heterocycles. The molecular formula is C13H14O3S. The Morgan fingerprint density at radius 2 is 1.71 bits per heavy atom. The van der Waals surface area contributed by atoms with Crippen LogP contribution in [0.2, 0.25) is 0 Å². The minimum atomic E-state index is -0.721. The standard InChI is InChI=1S/C13H14O3S/c1-15-9-5-3-6-10(16-2)12(9)13(14)11-7-4-8-17-11/h3-8,13-14H,1-2H3. The Morgan fingerprint density at radius 3 is 2.18 bits per heavy atom. The van der Waals surface area contributed by atoms with E-state index in [1.165, 1.54) is 11.3 Å². The van der Waals surface area contributed by atoms with Crippen LogP contribution in [0, 0.1) is 0 Å². The second-order valence-corrected chi connectivity index (χ2v) is 4.47. The van der Waals surface area contributed by atoms with Crippen LogP contribution in [0.3, 0.4) is 0 Å². The molecule has 0 amide bonds. The van der Waals surface area contributed by atoms with E-state index < -0.39 is 6.10 Å². The van der Waals surface area contributed by atoms with E-state index >= 15 is 0 Å². The van der Waals surface area contributed by atoms with E-state index in [1.807, 2.05) is 35.7 Å². The Kier molecular flexibility index (Phi) is 3.66. The summed E-state index contributed by atoms with van der Waals surface area (Å²) in [6.45, 7) is 0. The molecule has 0 saturated carbocycles. The summed E-state index contributed by atoms with van der Waals surface area (Å²) in [5.74, 6) is 1.26. The third-order valence-electron chi connectivity index (χ3n) is 2.55. The number of rotatable bonds is 4. The number of aliphatic hydroxyl groups excluding tert-OH is 1. The van der Waals surface area contributed by atoms with Gasteiger partial charge in [0.25, 0.3) is 0 Å². The number of ether oxygens (including phenoxy) is 2. The smallest absolute Gasteiger partial charge is 0.128 e. The van der Waals surface area contributed by atoms with E-state index in [-0.39, 0.29) is 0 Å². The zero-order valence-electron chi connectivity index (χ0n) is 9.71. The summed E-state index contributed by atoms with van der Waals surface area (Å²) in [5, 5.41) is 12.3. The highest BCUT2D eigenvalue weighted by Gasteiger charge is 2.20. The fourth-order valence-corrected chi connectivity index (χ4v) is 2.46. The maximum atomic E-state index is 10.4. The summed E-state index contributed by atoms with van der Waals surface area (Å²) in [6, 6.07) is 9.26. The molecule has 4 heteroatoms. The summed E-state index contributed by atoms with van der Waals surface area (Å²) in [7, 11) is 3.17. The van der Waals surface area contributed by atoms with Crippen molar-refractivity contribution in [2.45, 2.75) is 6.10 Å². The van der Waals surface area contributed by atoms with E-state index in [9.17, 15) is 5.11 Å². The zero-order valence-corrected chi connectivity index (χ0v) is 10.5. The molecule has 0 bridgehead atoms. The molecule has 3 nitrogen and oxygen atoms in total. The van der Waals surface area contributed by atoms with Gasteiger partial charge in [-0.2, -0.15) is 0 Å². The summed E-state index contributed by atoms with van der Waals surface area (Å²) >= 11 is 1.50. The van der Waals surface area contributed by atoms with Crippen molar-refractivity contribution in [1.82, 2.24) is 0 Å².